The number of anilines is 3. The Labute approximate surface area is 366 Å². The van der Waals surface area contributed by atoms with E-state index in [0.29, 0.717) is 0 Å². The third-order valence-corrected chi connectivity index (χ3v) is 12.4. The fourth-order valence-electron chi connectivity index (χ4n) is 9.49. The van der Waals surface area contributed by atoms with Crippen LogP contribution >= 0.6 is 0 Å². The van der Waals surface area contributed by atoms with Crippen molar-refractivity contribution in [3.8, 4) is 50.2 Å². The van der Waals surface area contributed by atoms with E-state index in [2.05, 4.69) is 240 Å². The van der Waals surface area contributed by atoms with Crippen LogP contribution in [0.15, 0.2) is 247 Å². The highest BCUT2D eigenvalue weighted by atomic mass is 16.3. The van der Waals surface area contributed by atoms with Gasteiger partial charge in [0.2, 0.25) is 0 Å². The molecule has 2 heterocycles. The van der Waals surface area contributed by atoms with E-state index in [0.717, 1.165) is 72.5 Å². The first kappa shape index (κ1) is 36.5. The Morgan fingerprint density at radius 1 is 0.317 bits per heavy atom. The van der Waals surface area contributed by atoms with Crippen LogP contribution in [0.2, 0.25) is 0 Å². The van der Waals surface area contributed by atoms with Crippen LogP contribution in [0.25, 0.3) is 93.9 Å². The molecule has 3 heteroatoms. The van der Waals surface area contributed by atoms with Gasteiger partial charge in [-0.15, -0.1) is 0 Å². The minimum absolute atomic E-state index is 0.902. The monoisotopic (exact) mass is 804 g/mol. The van der Waals surface area contributed by atoms with E-state index in [9.17, 15) is 0 Å². The molecule has 0 radical (unpaired) electrons. The molecule has 0 N–H and O–H groups in total. The first-order chi connectivity index (χ1) is 31.3. The second-order valence-corrected chi connectivity index (χ2v) is 16.1. The standard InChI is InChI=1S/C60H40N2O/c1-2-16-42(17-3-1)48-20-4-9-27-55(48)61(47-38-34-43(35-39-47)50-25-15-26-54-53-24-8-13-31-59(53)63-60(50)54)46-36-32-41(33-37-46)44-18-14-19-45(40-44)49-21-5-10-28-56(49)62-57-29-11-6-22-51(57)52-23-7-12-30-58(52)62/h1-40H. The van der Waals surface area contributed by atoms with E-state index in [1.807, 2.05) is 12.1 Å². The van der Waals surface area contributed by atoms with Gasteiger partial charge in [-0.1, -0.05) is 182 Å². The predicted octanol–water partition coefficient (Wildman–Crippen LogP) is 16.8. The molecule has 3 nitrogen and oxygen atoms in total. The quantitative estimate of drug-likeness (QED) is 0.153. The van der Waals surface area contributed by atoms with E-state index in [-0.39, 0.29) is 0 Å². The molecule has 0 spiro atoms. The van der Waals surface area contributed by atoms with Crippen molar-refractivity contribution in [2.24, 2.45) is 0 Å². The second-order valence-electron chi connectivity index (χ2n) is 16.1. The summed E-state index contributed by atoms with van der Waals surface area (Å²) >= 11 is 0. The van der Waals surface area contributed by atoms with Gasteiger partial charge in [-0.25, -0.2) is 0 Å². The molecule has 10 aromatic carbocycles. The lowest BCUT2D eigenvalue weighted by Crippen LogP contribution is -2.11. The van der Waals surface area contributed by atoms with Gasteiger partial charge in [-0.05, 0) is 88.5 Å². The Balaban J connectivity index is 0.937. The molecule has 12 rings (SSSR count). The molecule has 0 bridgehead atoms. The zero-order chi connectivity index (χ0) is 41.7. The Kier molecular flexibility index (Phi) is 8.83. The topological polar surface area (TPSA) is 21.3 Å². The summed E-state index contributed by atoms with van der Waals surface area (Å²) in [5, 5.41) is 4.78. The smallest absolute Gasteiger partial charge is 0.143 e. The molecule has 12 aromatic rings. The summed E-state index contributed by atoms with van der Waals surface area (Å²) in [7, 11) is 0. The highest BCUT2D eigenvalue weighted by molar-refractivity contribution is 6.11. The normalized spacial score (nSPS) is 11.5. The highest BCUT2D eigenvalue weighted by Crippen LogP contribution is 2.43. The molecule has 0 atom stereocenters. The van der Waals surface area contributed by atoms with Crippen molar-refractivity contribution in [1.29, 1.82) is 0 Å². The minimum Gasteiger partial charge on any atom is -0.455 e. The maximum absolute atomic E-state index is 6.44. The summed E-state index contributed by atoms with van der Waals surface area (Å²) in [5.74, 6) is 0. The van der Waals surface area contributed by atoms with E-state index < -0.39 is 0 Å². The van der Waals surface area contributed by atoms with E-state index in [1.165, 1.54) is 38.5 Å². The summed E-state index contributed by atoms with van der Waals surface area (Å²) < 4.78 is 8.85. The van der Waals surface area contributed by atoms with Gasteiger partial charge in [0, 0.05) is 49.6 Å². The molecule has 0 saturated heterocycles. The number of hydrogen-bond acceptors (Lipinski definition) is 2. The van der Waals surface area contributed by atoms with Gasteiger partial charge < -0.3 is 13.9 Å². The predicted molar refractivity (Wildman–Crippen MR) is 264 cm³/mol. The summed E-state index contributed by atoms with van der Waals surface area (Å²) in [6, 6.07) is 87.0. The molecule has 0 aliphatic carbocycles. The number of furan rings is 1. The summed E-state index contributed by atoms with van der Waals surface area (Å²) in [5.41, 5.74) is 17.8. The Morgan fingerprint density at radius 2 is 0.825 bits per heavy atom. The summed E-state index contributed by atoms with van der Waals surface area (Å²) in [6.07, 6.45) is 0. The van der Waals surface area contributed by atoms with Crippen molar-refractivity contribution >= 4 is 60.8 Å². The first-order valence-electron chi connectivity index (χ1n) is 21.5. The average molecular weight is 805 g/mol. The van der Waals surface area contributed by atoms with Gasteiger partial charge in [0.1, 0.15) is 11.2 Å². The molecular weight excluding hydrogens is 765 g/mol. The minimum atomic E-state index is 0.902. The zero-order valence-corrected chi connectivity index (χ0v) is 34.4. The van der Waals surface area contributed by atoms with Crippen molar-refractivity contribution < 1.29 is 4.42 Å². The highest BCUT2D eigenvalue weighted by Gasteiger charge is 2.20. The molecule has 0 aliphatic heterocycles. The maximum atomic E-state index is 6.44. The van der Waals surface area contributed by atoms with Gasteiger partial charge in [-0.2, -0.15) is 0 Å². The van der Waals surface area contributed by atoms with Gasteiger partial charge in [0.25, 0.3) is 0 Å². The van der Waals surface area contributed by atoms with Crippen LogP contribution in [-0.2, 0) is 0 Å². The largest absolute Gasteiger partial charge is 0.455 e. The summed E-state index contributed by atoms with van der Waals surface area (Å²) in [6.45, 7) is 0. The van der Waals surface area contributed by atoms with Gasteiger partial charge >= 0.3 is 0 Å². The third-order valence-electron chi connectivity index (χ3n) is 12.4. The van der Waals surface area contributed by atoms with Crippen molar-refractivity contribution in [3.63, 3.8) is 0 Å². The number of hydrogen-bond donors (Lipinski definition) is 0. The van der Waals surface area contributed by atoms with E-state index in [1.54, 1.807) is 0 Å². The van der Waals surface area contributed by atoms with Crippen LogP contribution in [0.5, 0.6) is 0 Å². The van der Waals surface area contributed by atoms with Crippen molar-refractivity contribution in [2.45, 2.75) is 0 Å². The van der Waals surface area contributed by atoms with Crippen molar-refractivity contribution in [2.75, 3.05) is 4.90 Å². The molecule has 296 valence electrons. The molecule has 0 aliphatic rings. The summed E-state index contributed by atoms with van der Waals surface area (Å²) in [4.78, 5) is 2.37. The van der Waals surface area contributed by atoms with Gasteiger partial charge in [0.15, 0.2) is 0 Å². The van der Waals surface area contributed by atoms with Gasteiger partial charge in [-0.3, -0.25) is 0 Å². The molecular formula is C60H40N2O. The van der Waals surface area contributed by atoms with Crippen molar-refractivity contribution in [3.05, 3.63) is 243 Å². The van der Waals surface area contributed by atoms with E-state index in [4.69, 9.17) is 4.42 Å². The second kappa shape index (κ2) is 15.3. The van der Waals surface area contributed by atoms with Crippen LogP contribution in [-0.4, -0.2) is 4.57 Å². The lowest BCUT2D eigenvalue weighted by atomic mass is 9.97. The van der Waals surface area contributed by atoms with E-state index >= 15 is 0 Å². The molecule has 0 unspecified atom stereocenters. The number of fused-ring (bicyclic) bond motifs is 6. The Hall–Kier alpha value is -8.40. The Bertz CT molecular complexity index is 3560. The number of aromatic nitrogens is 1. The van der Waals surface area contributed by atoms with Gasteiger partial charge in [0.05, 0.1) is 22.4 Å². The number of benzene rings is 10. The molecule has 0 saturated carbocycles. The van der Waals surface area contributed by atoms with Crippen LogP contribution in [0.4, 0.5) is 17.1 Å². The zero-order valence-electron chi connectivity index (χ0n) is 34.4. The van der Waals surface area contributed by atoms with Crippen molar-refractivity contribution in [1.82, 2.24) is 4.57 Å². The van der Waals surface area contributed by atoms with Crippen LogP contribution in [0.1, 0.15) is 0 Å². The Morgan fingerprint density at radius 3 is 1.57 bits per heavy atom. The number of nitrogens with zero attached hydrogens (tertiary/aromatic N) is 2. The maximum Gasteiger partial charge on any atom is 0.143 e. The van der Waals surface area contributed by atoms with Crippen LogP contribution < -0.4 is 4.90 Å². The molecule has 0 amide bonds. The molecule has 0 fully saturated rings. The fraction of sp³-hybridized carbons (Fsp3) is 0. The third kappa shape index (κ3) is 6.29. The molecule has 2 aromatic heterocycles. The van der Waals surface area contributed by atoms with Crippen LogP contribution in [0, 0.1) is 0 Å². The SMILES string of the molecule is c1ccc(-c2ccccc2N(c2ccc(-c3cccc(-c4ccccc4-n4c5ccccc5c5ccccc54)c3)cc2)c2ccc(-c3cccc4c3oc3ccccc34)cc2)cc1. The lowest BCUT2D eigenvalue weighted by Gasteiger charge is -2.28. The fourth-order valence-corrected chi connectivity index (χ4v) is 9.49. The lowest BCUT2D eigenvalue weighted by molar-refractivity contribution is 0.670. The molecule has 63 heavy (non-hydrogen) atoms. The van der Waals surface area contributed by atoms with Crippen LogP contribution in [0.3, 0.4) is 0 Å². The average Bonchev–Trinajstić information content (AvgIpc) is 3.91. The number of para-hydroxylation sites is 6. The first-order valence-corrected chi connectivity index (χ1v) is 21.5. The number of rotatable bonds is 8.